The fourth-order valence-electron chi connectivity index (χ4n) is 6.69. The second kappa shape index (κ2) is 13.9. The van der Waals surface area contributed by atoms with Gasteiger partial charge in [0.15, 0.2) is 5.82 Å². The molecule has 0 radical (unpaired) electrons. The van der Waals surface area contributed by atoms with Crippen LogP contribution in [0.3, 0.4) is 0 Å². The van der Waals surface area contributed by atoms with Gasteiger partial charge in [-0.3, -0.25) is 4.90 Å². The monoisotopic (exact) mass is 727 g/mol. The van der Waals surface area contributed by atoms with Crippen molar-refractivity contribution < 1.29 is 36.2 Å². The quantitative estimate of drug-likeness (QED) is 0.286. The van der Waals surface area contributed by atoms with Gasteiger partial charge in [0.1, 0.15) is 5.02 Å². The zero-order chi connectivity index (χ0) is 36.0. The first-order valence-corrected chi connectivity index (χ1v) is 16.6. The summed E-state index contributed by atoms with van der Waals surface area (Å²) in [5, 5.41) is 10.2. The lowest BCUT2D eigenvalue weighted by atomic mass is 10.0. The van der Waals surface area contributed by atoms with Crippen molar-refractivity contribution >= 4 is 41.0 Å². The Balaban J connectivity index is 1.36. The summed E-state index contributed by atoms with van der Waals surface area (Å²) in [4.78, 5) is 39.3. The van der Waals surface area contributed by atoms with E-state index in [1.165, 1.54) is 28.4 Å². The number of alkyl halides is 6. The number of likely N-dealkylation sites (N-methyl/N-ethyl adjacent to an activating group) is 1. The smallest absolute Gasteiger partial charge is 0.393 e. The molecule has 11 nitrogen and oxygen atoms in total. The third-order valence-corrected chi connectivity index (χ3v) is 9.71. The van der Waals surface area contributed by atoms with E-state index < -0.39 is 35.6 Å². The van der Waals surface area contributed by atoms with Crippen LogP contribution in [-0.2, 0) is 18.9 Å². The maximum absolute atomic E-state index is 13.8. The number of aliphatic hydroxyl groups excluding tert-OH is 1. The molecule has 3 fully saturated rings. The lowest BCUT2D eigenvalue weighted by Gasteiger charge is -2.32. The number of nitrogens with zero attached hydrogens (tertiary/aromatic N) is 9. The number of halogens is 7. The summed E-state index contributed by atoms with van der Waals surface area (Å²) in [6.07, 6.45) is -3.89. The van der Waals surface area contributed by atoms with Gasteiger partial charge in [-0.15, -0.1) is 0 Å². The van der Waals surface area contributed by atoms with Crippen molar-refractivity contribution in [2.45, 2.75) is 69.7 Å². The van der Waals surface area contributed by atoms with Gasteiger partial charge in [-0.2, -0.15) is 31.3 Å². The van der Waals surface area contributed by atoms with Crippen LogP contribution in [0.15, 0.2) is 36.8 Å². The summed E-state index contributed by atoms with van der Waals surface area (Å²) < 4.78 is 82.9. The highest BCUT2D eigenvalue weighted by atomic mass is 35.5. The number of hydrogen-bond donors (Lipinski definition) is 1. The van der Waals surface area contributed by atoms with Crippen LogP contribution in [-0.4, -0.2) is 93.9 Å². The zero-order valence-electron chi connectivity index (χ0n) is 27.3. The van der Waals surface area contributed by atoms with Gasteiger partial charge in [-0.1, -0.05) is 18.5 Å². The molecule has 0 aliphatic carbocycles. The van der Waals surface area contributed by atoms with Crippen molar-refractivity contribution in [3.8, 4) is 0 Å². The molecule has 3 saturated heterocycles. The van der Waals surface area contributed by atoms with E-state index >= 15 is 0 Å². The number of hydrogen-bond acceptors (Lipinski definition) is 9. The Labute approximate surface area is 289 Å². The third-order valence-electron chi connectivity index (χ3n) is 9.45. The Kier molecular flexibility index (Phi) is 9.92. The Morgan fingerprint density at radius 3 is 2.14 bits per heavy atom. The normalized spacial score (nSPS) is 20.7. The molecule has 3 aliphatic rings. The summed E-state index contributed by atoms with van der Waals surface area (Å²) >= 11 is 6.64. The molecule has 6 rings (SSSR count). The van der Waals surface area contributed by atoms with Crippen LogP contribution < -0.4 is 19.6 Å². The van der Waals surface area contributed by atoms with Crippen molar-refractivity contribution in [3.05, 3.63) is 58.5 Å². The number of anilines is 4. The van der Waals surface area contributed by atoms with Crippen molar-refractivity contribution in [1.29, 1.82) is 0 Å². The fourth-order valence-corrected chi connectivity index (χ4v) is 6.89. The Morgan fingerprint density at radius 1 is 0.940 bits per heavy atom. The minimum Gasteiger partial charge on any atom is -0.393 e. The van der Waals surface area contributed by atoms with E-state index in [4.69, 9.17) is 16.6 Å². The Bertz CT molecular complexity index is 1660. The van der Waals surface area contributed by atoms with E-state index in [9.17, 15) is 36.2 Å². The van der Waals surface area contributed by atoms with Crippen LogP contribution in [0, 0.1) is 0 Å². The minimum absolute atomic E-state index is 0.0720. The van der Waals surface area contributed by atoms with E-state index in [-0.39, 0.29) is 47.8 Å². The molecule has 5 heterocycles. The van der Waals surface area contributed by atoms with Crippen LogP contribution in [0.25, 0.3) is 0 Å². The molecule has 0 spiro atoms. The SMILES string of the molecule is CC[C@@H]1C[C@H](N(Cc2cc(C(F)(F)F)cc(C(F)(F)F)c2)c2ncc(N3CCN(C)C3=O)cn2)CN1c1nc(N2CCC(O)CC2)ncc1Cl. The lowest BCUT2D eigenvalue weighted by Crippen LogP contribution is -2.39. The van der Waals surface area contributed by atoms with E-state index in [0.717, 1.165) is 0 Å². The van der Waals surface area contributed by atoms with Crippen LogP contribution in [0.4, 0.5) is 54.5 Å². The van der Waals surface area contributed by atoms with E-state index in [0.29, 0.717) is 81.4 Å². The zero-order valence-corrected chi connectivity index (χ0v) is 28.0. The number of amides is 2. The summed E-state index contributed by atoms with van der Waals surface area (Å²) in [6, 6.07) is 0.626. The van der Waals surface area contributed by atoms with Crippen molar-refractivity contribution in [2.24, 2.45) is 0 Å². The molecule has 3 aliphatic heterocycles. The van der Waals surface area contributed by atoms with Gasteiger partial charge in [0, 0.05) is 52.4 Å². The first kappa shape index (κ1) is 35.7. The van der Waals surface area contributed by atoms with E-state index in [1.54, 1.807) is 11.9 Å². The fraction of sp³-hybridized carbons (Fsp3) is 0.531. The summed E-state index contributed by atoms with van der Waals surface area (Å²) in [7, 11) is 1.66. The highest BCUT2D eigenvalue weighted by Gasteiger charge is 2.40. The summed E-state index contributed by atoms with van der Waals surface area (Å²) in [5.41, 5.74) is -2.65. The van der Waals surface area contributed by atoms with E-state index in [1.807, 2.05) is 16.7 Å². The second-order valence-corrected chi connectivity index (χ2v) is 13.2. The predicted molar refractivity (Wildman–Crippen MR) is 174 cm³/mol. The molecule has 2 aromatic heterocycles. The number of piperidine rings is 1. The number of carbonyl (C=O) groups excluding carboxylic acids is 1. The number of rotatable bonds is 8. The van der Waals surface area contributed by atoms with Gasteiger partial charge in [-0.05, 0) is 49.4 Å². The van der Waals surface area contributed by atoms with E-state index in [2.05, 4.69) is 15.0 Å². The molecular weight excluding hydrogens is 692 g/mol. The van der Waals surface area contributed by atoms with Crippen LogP contribution in [0.1, 0.15) is 49.3 Å². The average molecular weight is 728 g/mol. The third kappa shape index (κ3) is 7.48. The molecule has 0 saturated carbocycles. The molecule has 270 valence electrons. The average Bonchev–Trinajstić information content (AvgIpc) is 3.66. The van der Waals surface area contributed by atoms with Gasteiger partial charge in [0.05, 0.1) is 47.6 Å². The maximum atomic E-state index is 13.8. The number of urea groups is 1. The maximum Gasteiger partial charge on any atom is 0.416 e. The number of aliphatic hydroxyl groups is 1. The second-order valence-electron chi connectivity index (χ2n) is 12.8. The molecule has 3 aromatic rings. The standard InChI is InChI=1S/C32H36ClF6N9O2/c1-3-22-13-23(18-47(22)27-26(33)16-42-29(43-27)45-6-4-25(49)5-7-45)48(28-40-14-24(15-41-28)46-9-8-44(2)30(46)50)17-19-10-20(31(34,35)36)12-21(11-19)32(37,38)39/h10-12,14-16,22-23,25,49H,3-9,13,17-18H2,1-2H3/t22-,23+/m1/s1. The summed E-state index contributed by atoms with van der Waals surface area (Å²) in [6.45, 7) is 3.85. The minimum atomic E-state index is -5.01. The van der Waals surface area contributed by atoms with Crippen molar-refractivity contribution in [3.63, 3.8) is 0 Å². The van der Waals surface area contributed by atoms with Gasteiger partial charge in [0.2, 0.25) is 11.9 Å². The first-order chi connectivity index (χ1) is 23.6. The van der Waals surface area contributed by atoms with Crippen LogP contribution >= 0.6 is 11.6 Å². The largest absolute Gasteiger partial charge is 0.416 e. The van der Waals surface area contributed by atoms with Crippen LogP contribution in [0.2, 0.25) is 5.02 Å². The van der Waals surface area contributed by atoms with Gasteiger partial charge >= 0.3 is 18.4 Å². The summed E-state index contributed by atoms with van der Waals surface area (Å²) in [5.74, 6) is 0.961. The van der Waals surface area contributed by atoms with Gasteiger partial charge < -0.3 is 24.7 Å². The van der Waals surface area contributed by atoms with Gasteiger partial charge in [-0.25, -0.2) is 19.7 Å². The molecule has 0 unspecified atom stereocenters. The molecule has 1 aromatic carbocycles. The first-order valence-electron chi connectivity index (χ1n) is 16.2. The number of aromatic nitrogens is 4. The van der Waals surface area contributed by atoms with Crippen molar-refractivity contribution in [2.75, 3.05) is 59.4 Å². The molecule has 18 heteroatoms. The number of benzene rings is 1. The molecule has 2 atom stereocenters. The predicted octanol–water partition coefficient (Wildman–Crippen LogP) is 5.85. The molecule has 1 N–H and O–H groups in total. The Morgan fingerprint density at radius 2 is 1.58 bits per heavy atom. The molecule has 0 bridgehead atoms. The van der Waals surface area contributed by atoms with Crippen molar-refractivity contribution in [1.82, 2.24) is 24.8 Å². The highest BCUT2D eigenvalue weighted by molar-refractivity contribution is 6.32. The molecule has 50 heavy (non-hydrogen) atoms. The van der Waals surface area contributed by atoms with Gasteiger partial charge in [0.25, 0.3) is 0 Å². The highest BCUT2D eigenvalue weighted by Crippen LogP contribution is 2.39. The molecule has 2 amide bonds. The Hall–Kier alpha value is -4.12. The lowest BCUT2D eigenvalue weighted by molar-refractivity contribution is -0.143. The molecular formula is C32H36ClF6N9O2. The topological polar surface area (TPSA) is 105 Å². The van der Waals surface area contributed by atoms with Crippen LogP contribution in [0.5, 0.6) is 0 Å². The number of carbonyl (C=O) groups is 1.